The summed E-state index contributed by atoms with van der Waals surface area (Å²) in [6.07, 6.45) is 3.31. The van der Waals surface area contributed by atoms with E-state index >= 15 is 0 Å². The molecule has 4 N–H and O–H groups in total. The molecule has 12 heteroatoms. The van der Waals surface area contributed by atoms with Crippen LogP contribution in [0, 0.1) is 5.92 Å². The van der Waals surface area contributed by atoms with Crippen molar-refractivity contribution in [2.75, 3.05) is 7.05 Å². The van der Waals surface area contributed by atoms with E-state index in [2.05, 4.69) is 25.9 Å². The number of carbonyl (C=O) groups is 3. The Hall–Kier alpha value is -4.81. The number of benzene rings is 2. The van der Waals surface area contributed by atoms with E-state index < -0.39 is 42.3 Å². The van der Waals surface area contributed by atoms with Gasteiger partial charge in [0.1, 0.15) is 12.6 Å². The first-order chi connectivity index (χ1) is 24.1. The topological polar surface area (TPSA) is 146 Å². The zero-order chi connectivity index (χ0) is 35.9. The average Bonchev–Trinajstić information content (AvgIpc) is 3.57. The number of rotatable bonds is 17. The molecule has 0 aliphatic carbocycles. The monoisotopic (exact) mass is 700 g/mol. The highest BCUT2D eigenvalue weighted by Gasteiger charge is 2.31. The van der Waals surface area contributed by atoms with Gasteiger partial charge < -0.3 is 30.7 Å². The summed E-state index contributed by atoms with van der Waals surface area (Å²) in [5, 5.41) is 23.5. The van der Waals surface area contributed by atoms with Gasteiger partial charge >= 0.3 is 12.1 Å². The van der Waals surface area contributed by atoms with Crippen molar-refractivity contribution in [3.05, 3.63) is 118 Å². The van der Waals surface area contributed by atoms with Crippen molar-refractivity contribution < 1.29 is 24.2 Å². The first-order valence-electron chi connectivity index (χ1n) is 16.9. The van der Waals surface area contributed by atoms with Crippen LogP contribution in [0.3, 0.4) is 0 Å². The van der Waals surface area contributed by atoms with Crippen LogP contribution in [0.5, 0.6) is 0 Å². The molecule has 4 aromatic rings. The molecule has 0 bridgehead atoms. The van der Waals surface area contributed by atoms with E-state index in [0.717, 1.165) is 33.8 Å². The van der Waals surface area contributed by atoms with Crippen LogP contribution in [0.15, 0.2) is 90.6 Å². The summed E-state index contributed by atoms with van der Waals surface area (Å²) < 4.78 is 5.47. The first kappa shape index (κ1) is 38.0. The number of urea groups is 1. The van der Waals surface area contributed by atoms with Crippen molar-refractivity contribution in [3.63, 3.8) is 0 Å². The van der Waals surface area contributed by atoms with E-state index in [0.29, 0.717) is 19.4 Å². The molecular formula is C38H48N6O5S. The van der Waals surface area contributed by atoms with Crippen molar-refractivity contribution in [1.82, 2.24) is 30.8 Å². The number of aromatic nitrogens is 2. The molecule has 2 aromatic heterocycles. The standard InChI is InChI=1S/C38H48N6O5S/c1-5-34-40-31(25-50-34)23-44(4)37(47)43-35(26(2)3)36(46)42-32(20-28-15-10-7-11-16-28)33(45)21-30(19-27-13-8-6-9-14-27)41-38(48)49-24-29-17-12-18-39-22-29/h6-18,22,25-26,30,32-33,35,45H,5,19-21,23-24H2,1-4H3,(H,41,48)(H,42,46)(H,43,47)/t30-,32-,33-,35?/m0/s1. The molecule has 0 radical (unpaired) electrons. The number of carbonyl (C=O) groups excluding carboxylic acids is 3. The SMILES string of the molecule is CCc1nc(CN(C)C(=O)NC(C(=O)N[C@@H](Cc2ccccc2)[C@@H](O)C[C@H](Cc2ccccc2)NC(=O)OCc2cccnc2)C(C)C)cs1. The number of nitrogens with one attached hydrogen (secondary N) is 3. The molecule has 0 saturated heterocycles. The van der Waals surface area contributed by atoms with Gasteiger partial charge in [-0.3, -0.25) is 9.78 Å². The fourth-order valence-electron chi connectivity index (χ4n) is 5.49. The van der Waals surface area contributed by atoms with Crippen LogP contribution in [0.2, 0.25) is 0 Å². The zero-order valence-electron chi connectivity index (χ0n) is 29.1. The lowest BCUT2D eigenvalue weighted by atomic mass is 9.93. The quantitative estimate of drug-likeness (QED) is 0.117. The molecule has 2 heterocycles. The number of amides is 4. The fraction of sp³-hybridized carbons (Fsp3) is 0.395. The maximum Gasteiger partial charge on any atom is 0.407 e. The number of hydrogen-bond acceptors (Lipinski definition) is 8. The van der Waals surface area contributed by atoms with Crippen LogP contribution in [0.1, 0.15) is 54.6 Å². The molecule has 11 nitrogen and oxygen atoms in total. The molecule has 0 spiro atoms. The van der Waals surface area contributed by atoms with Crippen LogP contribution in [-0.4, -0.2) is 69.3 Å². The second-order valence-corrected chi connectivity index (χ2v) is 13.6. The van der Waals surface area contributed by atoms with Gasteiger partial charge in [0, 0.05) is 36.4 Å². The molecular weight excluding hydrogens is 653 g/mol. The van der Waals surface area contributed by atoms with E-state index in [1.165, 1.54) is 4.90 Å². The van der Waals surface area contributed by atoms with Gasteiger partial charge in [-0.15, -0.1) is 11.3 Å². The molecule has 50 heavy (non-hydrogen) atoms. The third-order valence-electron chi connectivity index (χ3n) is 8.23. The van der Waals surface area contributed by atoms with E-state index in [9.17, 15) is 19.5 Å². The molecule has 0 aliphatic rings. The molecule has 0 aliphatic heterocycles. The van der Waals surface area contributed by atoms with Crippen LogP contribution in [-0.2, 0) is 41.9 Å². The highest BCUT2D eigenvalue weighted by molar-refractivity contribution is 7.09. The highest BCUT2D eigenvalue weighted by atomic mass is 32.1. The van der Waals surface area contributed by atoms with Crippen molar-refractivity contribution in [2.45, 2.75) is 83.8 Å². The van der Waals surface area contributed by atoms with E-state index in [1.807, 2.05) is 92.9 Å². The van der Waals surface area contributed by atoms with Gasteiger partial charge in [0.25, 0.3) is 0 Å². The minimum atomic E-state index is -1.06. The van der Waals surface area contributed by atoms with Crippen LogP contribution in [0.4, 0.5) is 9.59 Å². The summed E-state index contributed by atoms with van der Waals surface area (Å²) in [5.41, 5.74) is 3.43. The summed E-state index contributed by atoms with van der Waals surface area (Å²) in [4.78, 5) is 50.1. The lowest BCUT2D eigenvalue weighted by Crippen LogP contribution is -2.57. The smallest absolute Gasteiger partial charge is 0.407 e. The first-order valence-corrected chi connectivity index (χ1v) is 17.8. The summed E-state index contributed by atoms with van der Waals surface area (Å²) in [7, 11) is 1.67. The summed E-state index contributed by atoms with van der Waals surface area (Å²) in [5.74, 6) is -0.651. The van der Waals surface area contributed by atoms with Gasteiger partial charge in [0.05, 0.1) is 29.4 Å². The Morgan fingerprint density at radius 3 is 2.16 bits per heavy atom. The number of ether oxygens (including phenoxy) is 1. The molecule has 4 atom stereocenters. The highest BCUT2D eigenvalue weighted by Crippen LogP contribution is 2.16. The van der Waals surface area contributed by atoms with Crippen LogP contribution < -0.4 is 16.0 Å². The third-order valence-corrected chi connectivity index (χ3v) is 9.27. The average molecular weight is 701 g/mol. The van der Waals surface area contributed by atoms with Gasteiger partial charge in [0.15, 0.2) is 0 Å². The van der Waals surface area contributed by atoms with Crippen molar-refractivity contribution in [3.8, 4) is 0 Å². The predicted molar refractivity (Wildman–Crippen MR) is 194 cm³/mol. The Labute approximate surface area is 298 Å². The van der Waals surface area contributed by atoms with Crippen LogP contribution >= 0.6 is 11.3 Å². The minimum Gasteiger partial charge on any atom is -0.445 e. The number of thiazole rings is 1. The molecule has 1 unspecified atom stereocenters. The largest absolute Gasteiger partial charge is 0.445 e. The van der Waals surface area contributed by atoms with Gasteiger partial charge in [-0.2, -0.15) is 0 Å². The van der Waals surface area contributed by atoms with E-state index in [4.69, 9.17) is 4.74 Å². The lowest BCUT2D eigenvalue weighted by Gasteiger charge is -2.31. The normalized spacial score (nSPS) is 13.5. The Morgan fingerprint density at radius 1 is 0.900 bits per heavy atom. The molecule has 0 fully saturated rings. The number of hydrogen-bond donors (Lipinski definition) is 4. The Morgan fingerprint density at radius 2 is 1.56 bits per heavy atom. The molecule has 0 saturated carbocycles. The van der Waals surface area contributed by atoms with Crippen molar-refractivity contribution in [2.24, 2.45) is 5.92 Å². The zero-order valence-corrected chi connectivity index (χ0v) is 29.9. The number of pyridine rings is 1. The number of aliphatic hydroxyl groups is 1. The second kappa shape index (κ2) is 19.4. The number of aliphatic hydroxyl groups excluding tert-OH is 1. The maximum atomic E-state index is 13.9. The van der Waals surface area contributed by atoms with Gasteiger partial charge in [-0.05, 0) is 48.8 Å². The fourth-order valence-corrected chi connectivity index (χ4v) is 6.23. The Kier molecular flexibility index (Phi) is 14.7. The van der Waals surface area contributed by atoms with Crippen molar-refractivity contribution in [1.29, 1.82) is 0 Å². The summed E-state index contributed by atoms with van der Waals surface area (Å²) >= 11 is 1.56. The minimum absolute atomic E-state index is 0.0496. The third kappa shape index (κ3) is 12.3. The predicted octanol–water partition coefficient (Wildman–Crippen LogP) is 5.28. The van der Waals surface area contributed by atoms with Gasteiger partial charge in [-0.1, -0.05) is 87.5 Å². The summed E-state index contributed by atoms with van der Waals surface area (Å²) in [6.45, 7) is 6.11. The van der Waals surface area contributed by atoms with Crippen molar-refractivity contribution >= 4 is 29.4 Å². The second-order valence-electron chi connectivity index (χ2n) is 12.7. The number of aryl methyl sites for hydroxylation is 1. The molecule has 4 rings (SSSR count). The van der Waals surface area contributed by atoms with E-state index in [1.54, 1.807) is 36.8 Å². The molecule has 266 valence electrons. The Bertz CT molecular complexity index is 1620. The molecule has 2 aromatic carbocycles. The lowest BCUT2D eigenvalue weighted by molar-refractivity contribution is -0.125. The number of alkyl carbamates (subject to hydrolysis) is 1. The number of nitrogens with zero attached hydrogens (tertiary/aromatic N) is 3. The van der Waals surface area contributed by atoms with Crippen LogP contribution in [0.25, 0.3) is 0 Å². The maximum absolute atomic E-state index is 13.9. The molecule has 4 amide bonds. The van der Waals surface area contributed by atoms with E-state index in [-0.39, 0.29) is 18.9 Å². The Balaban J connectivity index is 1.47. The van der Waals surface area contributed by atoms with Gasteiger partial charge in [-0.25, -0.2) is 14.6 Å². The summed E-state index contributed by atoms with van der Waals surface area (Å²) in [6, 6.07) is 20.3. The van der Waals surface area contributed by atoms with Gasteiger partial charge in [0.2, 0.25) is 5.91 Å².